The summed E-state index contributed by atoms with van der Waals surface area (Å²) in [4.78, 5) is 11.4. The minimum atomic E-state index is -0.613. The first-order chi connectivity index (χ1) is 7.54. The van der Waals surface area contributed by atoms with Crippen molar-refractivity contribution in [2.45, 2.75) is 19.4 Å². The third kappa shape index (κ3) is 3.88. The molecule has 0 radical (unpaired) electrons. The molecule has 0 aliphatic carbocycles. The van der Waals surface area contributed by atoms with Gasteiger partial charge in [-0.2, -0.15) is 0 Å². The molecule has 3 nitrogen and oxygen atoms in total. The Kier molecular flexibility index (Phi) is 5.44. The lowest BCUT2D eigenvalue weighted by Crippen LogP contribution is -2.34. The summed E-state index contributed by atoms with van der Waals surface area (Å²) in [6.45, 7) is 2.12. The Balaban J connectivity index is 2.69. The predicted octanol–water partition coefficient (Wildman–Crippen LogP) is 2.64. The van der Waals surface area contributed by atoms with Crippen molar-refractivity contribution in [2.75, 3.05) is 6.61 Å². The molecular weight excluding hydrogens is 338 g/mol. The van der Waals surface area contributed by atoms with Crippen molar-refractivity contribution in [2.24, 2.45) is 5.73 Å². The van der Waals surface area contributed by atoms with Gasteiger partial charge in [0.1, 0.15) is 6.04 Å². The minimum absolute atomic E-state index is 0.355. The molecule has 5 heteroatoms. The van der Waals surface area contributed by atoms with E-state index in [-0.39, 0.29) is 5.97 Å². The van der Waals surface area contributed by atoms with Crippen molar-refractivity contribution in [3.63, 3.8) is 0 Å². The molecule has 0 saturated heterocycles. The van der Waals surface area contributed by atoms with Gasteiger partial charge in [0.05, 0.1) is 6.61 Å². The second-order valence-corrected chi connectivity index (χ2v) is 5.07. The smallest absolute Gasteiger partial charge is 0.323 e. The standard InChI is InChI=1S/C11H13Br2NO2/c1-2-16-11(15)10(14)5-7-3-4-8(12)6-9(7)13/h3-4,6,10H,2,5,14H2,1H3. The Bertz CT molecular complexity index is 382. The van der Waals surface area contributed by atoms with Crippen LogP contribution in [0.2, 0.25) is 0 Å². The number of nitrogens with two attached hydrogens (primary N) is 1. The van der Waals surface area contributed by atoms with Crippen LogP contribution in [0.3, 0.4) is 0 Å². The molecular formula is C11H13Br2NO2. The van der Waals surface area contributed by atoms with E-state index in [0.29, 0.717) is 13.0 Å². The zero-order valence-electron chi connectivity index (χ0n) is 8.87. The van der Waals surface area contributed by atoms with E-state index in [4.69, 9.17) is 10.5 Å². The second-order valence-electron chi connectivity index (χ2n) is 3.30. The summed E-state index contributed by atoms with van der Waals surface area (Å²) in [5.74, 6) is -0.364. The Morgan fingerprint density at radius 2 is 2.19 bits per heavy atom. The zero-order chi connectivity index (χ0) is 12.1. The van der Waals surface area contributed by atoms with Crippen LogP contribution in [0.4, 0.5) is 0 Å². The topological polar surface area (TPSA) is 52.3 Å². The molecule has 0 aromatic heterocycles. The Hall–Kier alpha value is -0.390. The maximum atomic E-state index is 11.4. The summed E-state index contributed by atoms with van der Waals surface area (Å²) in [5.41, 5.74) is 6.72. The fourth-order valence-electron chi connectivity index (χ4n) is 1.26. The van der Waals surface area contributed by atoms with Gasteiger partial charge in [0, 0.05) is 8.95 Å². The van der Waals surface area contributed by atoms with Crippen molar-refractivity contribution >= 4 is 37.8 Å². The molecule has 2 N–H and O–H groups in total. The highest BCUT2D eigenvalue weighted by atomic mass is 79.9. The number of hydrogen-bond acceptors (Lipinski definition) is 3. The third-order valence-electron chi connectivity index (χ3n) is 2.04. The lowest BCUT2D eigenvalue weighted by atomic mass is 10.1. The first kappa shape index (κ1) is 13.7. The quantitative estimate of drug-likeness (QED) is 0.849. The highest BCUT2D eigenvalue weighted by Crippen LogP contribution is 2.22. The van der Waals surface area contributed by atoms with Gasteiger partial charge in [0.25, 0.3) is 0 Å². The summed E-state index contributed by atoms with van der Waals surface area (Å²) in [7, 11) is 0. The monoisotopic (exact) mass is 349 g/mol. The van der Waals surface area contributed by atoms with Crippen LogP contribution in [-0.4, -0.2) is 18.6 Å². The number of hydrogen-bond donors (Lipinski definition) is 1. The van der Waals surface area contributed by atoms with Gasteiger partial charge < -0.3 is 10.5 Å². The molecule has 0 saturated carbocycles. The molecule has 1 aromatic carbocycles. The molecule has 0 aliphatic heterocycles. The summed E-state index contributed by atoms with van der Waals surface area (Å²) < 4.78 is 6.76. The third-order valence-corrected chi connectivity index (χ3v) is 3.28. The van der Waals surface area contributed by atoms with Crippen LogP contribution in [0, 0.1) is 0 Å². The molecule has 0 fully saturated rings. The van der Waals surface area contributed by atoms with Crippen LogP contribution >= 0.6 is 31.9 Å². The van der Waals surface area contributed by atoms with Crippen LogP contribution in [0.5, 0.6) is 0 Å². The lowest BCUT2D eigenvalue weighted by Gasteiger charge is -2.11. The highest BCUT2D eigenvalue weighted by molar-refractivity contribution is 9.11. The Labute approximate surface area is 112 Å². The summed E-state index contributed by atoms with van der Waals surface area (Å²) >= 11 is 6.79. The van der Waals surface area contributed by atoms with Gasteiger partial charge in [0.15, 0.2) is 0 Å². The summed E-state index contributed by atoms with van der Waals surface area (Å²) in [6, 6.07) is 5.15. The number of halogens is 2. The largest absolute Gasteiger partial charge is 0.465 e. The number of rotatable bonds is 4. The van der Waals surface area contributed by atoms with Crippen molar-refractivity contribution in [3.8, 4) is 0 Å². The van der Waals surface area contributed by atoms with Gasteiger partial charge in [-0.05, 0) is 31.0 Å². The van der Waals surface area contributed by atoms with E-state index in [1.807, 2.05) is 18.2 Å². The van der Waals surface area contributed by atoms with E-state index >= 15 is 0 Å². The van der Waals surface area contributed by atoms with Gasteiger partial charge in [-0.1, -0.05) is 37.9 Å². The van der Waals surface area contributed by atoms with E-state index in [9.17, 15) is 4.79 Å². The highest BCUT2D eigenvalue weighted by Gasteiger charge is 2.16. The fraction of sp³-hybridized carbons (Fsp3) is 0.364. The molecule has 1 unspecified atom stereocenters. The first-order valence-electron chi connectivity index (χ1n) is 4.90. The number of esters is 1. The average molecular weight is 351 g/mol. The predicted molar refractivity (Wildman–Crippen MR) is 70.2 cm³/mol. The van der Waals surface area contributed by atoms with Gasteiger partial charge in [0.2, 0.25) is 0 Å². The van der Waals surface area contributed by atoms with Crippen LogP contribution < -0.4 is 5.73 Å². The van der Waals surface area contributed by atoms with Crippen LogP contribution in [0.25, 0.3) is 0 Å². The Morgan fingerprint density at radius 1 is 1.50 bits per heavy atom. The lowest BCUT2D eigenvalue weighted by molar-refractivity contribution is -0.144. The molecule has 0 heterocycles. The molecule has 0 bridgehead atoms. The van der Waals surface area contributed by atoms with Gasteiger partial charge in [-0.25, -0.2) is 0 Å². The second kappa shape index (κ2) is 6.37. The number of carbonyl (C=O) groups is 1. The van der Waals surface area contributed by atoms with Crippen molar-refractivity contribution in [1.82, 2.24) is 0 Å². The van der Waals surface area contributed by atoms with Gasteiger partial charge >= 0.3 is 5.97 Å². The van der Waals surface area contributed by atoms with Crippen LogP contribution in [0.1, 0.15) is 12.5 Å². The first-order valence-corrected chi connectivity index (χ1v) is 6.49. The van der Waals surface area contributed by atoms with E-state index < -0.39 is 6.04 Å². The minimum Gasteiger partial charge on any atom is -0.465 e. The molecule has 1 atom stereocenters. The number of ether oxygens (including phenoxy) is 1. The molecule has 0 amide bonds. The summed E-state index contributed by atoms with van der Waals surface area (Å²) in [5, 5.41) is 0. The average Bonchev–Trinajstić information content (AvgIpc) is 2.22. The molecule has 16 heavy (non-hydrogen) atoms. The zero-order valence-corrected chi connectivity index (χ0v) is 12.0. The SMILES string of the molecule is CCOC(=O)C(N)Cc1ccc(Br)cc1Br. The van der Waals surface area contributed by atoms with Gasteiger partial charge in [-0.3, -0.25) is 4.79 Å². The maximum Gasteiger partial charge on any atom is 0.323 e. The van der Waals surface area contributed by atoms with E-state index in [1.165, 1.54) is 0 Å². The molecule has 1 rings (SSSR count). The van der Waals surface area contributed by atoms with E-state index in [0.717, 1.165) is 14.5 Å². The van der Waals surface area contributed by atoms with Crippen LogP contribution in [0.15, 0.2) is 27.1 Å². The maximum absolute atomic E-state index is 11.4. The van der Waals surface area contributed by atoms with Crippen molar-refractivity contribution < 1.29 is 9.53 Å². The van der Waals surface area contributed by atoms with Crippen LogP contribution in [-0.2, 0) is 16.0 Å². The fourth-order valence-corrected chi connectivity index (χ4v) is 2.47. The normalized spacial score (nSPS) is 12.2. The van der Waals surface area contributed by atoms with E-state index in [1.54, 1.807) is 6.92 Å². The van der Waals surface area contributed by atoms with Crippen molar-refractivity contribution in [3.05, 3.63) is 32.7 Å². The van der Waals surface area contributed by atoms with Gasteiger partial charge in [-0.15, -0.1) is 0 Å². The number of benzene rings is 1. The number of carbonyl (C=O) groups excluding carboxylic acids is 1. The van der Waals surface area contributed by atoms with Crippen molar-refractivity contribution in [1.29, 1.82) is 0 Å². The molecule has 1 aromatic rings. The van der Waals surface area contributed by atoms with E-state index in [2.05, 4.69) is 31.9 Å². The summed E-state index contributed by atoms with van der Waals surface area (Å²) in [6.07, 6.45) is 0.465. The molecule has 0 aliphatic rings. The Morgan fingerprint density at radius 3 is 2.75 bits per heavy atom. The molecule has 88 valence electrons. The molecule has 0 spiro atoms.